The van der Waals surface area contributed by atoms with Gasteiger partial charge in [0.15, 0.2) is 11.5 Å². The van der Waals surface area contributed by atoms with Gasteiger partial charge in [0.1, 0.15) is 10.3 Å². The molecule has 6 rings (SSSR count). The molecule has 0 aliphatic carbocycles. The molecule has 21 heteroatoms. The van der Waals surface area contributed by atoms with E-state index in [9.17, 15) is 9.59 Å². The summed E-state index contributed by atoms with van der Waals surface area (Å²) in [6, 6.07) is 14.4. The van der Waals surface area contributed by atoms with Crippen molar-refractivity contribution < 1.29 is 37.9 Å². The van der Waals surface area contributed by atoms with E-state index in [1.807, 2.05) is 61.0 Å². The number of methoxy groups -OCH3 is 2. The Morgan fingerprint density at radius 1 is 0.698 bits per heavy atom. The molecule has 0 fully saturated rings. The standard InChI is InChI=1S/C18H17ClN4O2S.C11H12N2OS.C7H6Cl2N2O.C6H18NSi2.Li/c1-10-22-15(9-26-10)11-5-4-6-13(17(11)25-3)23-14-7-16(19)21-8-12(14)18(24)20-2;1-7-13-10(6-15-7)8-4-3-5-9(12)11(8)14-2;1-10-7(12)4-3-11-6(9)2-5(4)8;1-8(2,3)7-9(4,5)6;/h4-9H,1-3H3,(H,20,24)(H,21,23);3-6H,12H2,1-2H3;2-3H,1H3,(H,10,12);1-6H3;/q;;;-1;+1. The topological polar surface area (TPSA) is 180 Å². The van der Waals surface area contributed by atoms with Crippen LogP contribution in [0.25, 0.3) is 27.2 Å². The molecule has 0 aliphatic rings. The number of aryl methyl sites for hydroxylation is 2. The fourth-order valence-electron chi connectivity index (χ4n) is 5.73. The van der Waals surface area contributed by atoms with Crippen molar-refractivity contribution >= 4 is 103 Å². The molecule has 0 saturated carbocycles. The molecular weight excluding hydrogens is 928 g/mol. The number of para-hydroxylation sites is 2. The number of hydrogen-bond donors (Lipinski definition) is 4. The average Bonchev–Trinajstić information content (AvgIpc) is 3.84. The summed E-state index contributed by atoms with van der Waals surface area (Å²) in [5.41, 5.74) is 12.0. The third-order valence-corrected chi connectivity index (χ3v) is 15.5. The van der Waals surface area contributed by atoms with Crippen LogP contribution in [-0.4, -0.2) is 76.5 Å². The van der Waals surface area contributed by atoms with Crippen molar-refractivity contribution in [2.24, 2.45) is 0 Å². The van der Waals surface area contributed by atoms with E-state index in [1.165, 1.54) is 25.5 Å². The third-order valence-electron chi connectivity index (χ3n) is 7.83. The van der Waals surface area contributed by atoms with E-state index < -0.39 is 16.5 Å². The number of aromatic nitrogens is 4. The predicted octanol–water partition coefficient (Wildman–Crippen LogP) is 8.77. The van der Waals surface area contributed by atoms with Gasteiger partial charge in [-0.3, -0.25) is 9.59 Å². The maximum absolute atomic E-state index is 12.1. The van der Waals surface area contributed by atoms with Crippen molar-refractivity contribution in [2.75, 3.05) is 39.4 Å². The number of hydrogen-bond acceptors (Lipinski definition) is 12. The molecule has 332 valence electrons. The maximum atomic E-state index is 12.1. The number of nitrogen functional groups attached to an aromatic ring is 1. The first kappa shape index (κ1) is 55.1. The van der Waals surface area contributed by atoms with E-state index in [-0.39, 0.29) is 41.0 Å². The Balaban J connectivity index is 0.000000314. The summed E-state index contributed by atoms with van der Waals surface area (Å²) < 4.78 is 15.7. The fourth-order valence-corrected chi connectivity index (χ4v) is 15.6. The SMILES string of the molecule is CNC(=O)c1cnc(Cl)cc1Cl.CNC(=O)c1cnc(Cl)cc1Nc1cccc(-c2csc(C)n2)c1OC.COc1c(N)cccc1-c1csc(C)n1.C[Si](C)(C)[N-][Si](C)(C)C.[Li+]. The van der Waals surface area contributed by atoms with Crippen molar-refractivity contribution in [1.29, 1.82) is 0 Å². The maximum Gasteiger partial charge on any atom is 1.00 e. The fraction of sp³-hybridized carbons (Fsp3) is 0.286. The molecule has 2 amide bonds. The quantitative estimate of drug-likeness (QED) is 0.0589. The minimum Gasteiger partial charge on any atom is -0.668 e. The number of anilines is 3. The van der Waals surface area contributed by atoms with Gasteiger partial charge in [-0.2, -0.15) is 0 Å². The van der Waals surface area contributed by atoms with E-state index in [0.717, 1.165) is 32.5 Å². The summed E-state index contributed by atoms with van der Waals surface area (Å²) in [4.78, 5) is 39.8. The number of carbonyl (C=O) groups is 2. The molecule has 5 N–H and O–H groups in total. The molecule has 0 saturated heterocycles. The summed E-state index contributed by atoms with van der Waals surface area (Å²) in [5, 5.41) is 15.1. The number of pyridine rings is 2. The van der Waals surface area contributed by atoms with Crippen LogP contribution < -0.4 is 50.0 Å². The van der Waals surface area contributed by atoms with Gasteiger partial charge >= 0.3 is 18.9 Å². The molecule has 63 heavy (non-hydrogen) atoms. The van der Waals surface area contributed by atoms with E-state index in [0.29, 0.717) is 44.7 Å². The zero-order chi connectivity index (χ0) is 46.4. The first-order valence-corrected chi connectivity index (χ1v) is 28.8. The van der Waals surface area contributed by atoms with Crippen LogP contribution in [-0.2, 0) is 0 Å². The number of amides is 2. The van der Waals surface area contributed by atoms with Gasteiger partial charge in [0.05, 0.1) is 68.8 Å². The van der Waals surface area contributed by atoms with Gasteiger partial charge in [-0.25, -0.2) is 19.9 Å². The minimum absolute atomic E-state index is 0. The summed E-state index contributed by atoms with van der Waals surface area (Å²) in [7, 11) is 4.09. The predicted molar refractivity (Wildman–Crippen MR) is 266 cm³/mol. The smallest absolute Gasteiger partial charge is 0.668 e. The van der Waals surface area contributed by atoms with E-state index in [1.54, 1.807) is 50.0 Å². The molecule has 4 aromatic heterocycles. The first-order valence-electron chi connectivity index (χ1n) is 19.0. The van der Waals surface area contributed by atoms with Crippen molar-refractivity contribution in [3.63, 3.8) is 0 Å². The summed E-state index contributed by atoms with van der Waals surface area (Å²) in [5.74, 6) is 0.794. The molecule has 6 aromatic rings. The van der Waals surface area contributed by atoms with Crippen LogP contribution in [0.5, 0.6) is 11.5 Å². The molecular formula is C42H53Cl3LiN9O4S2Si2. The van der Waals surface area contributed by atoms with Crippen molar-refractivity contribution in [1.82, 2.24) is 30.6 Å². The van der Waals surface area contributed by atoms with Crippen molar-refractivity contribution in [2.45, 2.75) is 53.1 Å². The Morgan fingerprint density at radius 2 is 1.16 bits per heavy atom. The van der Waals surface area contributed by atoms with Crippen LogP contribution in [0.3, 0.4) is 0 Å². The largest absolute Gasteiger partial charge is 1.00 e. The second-order valence-corrected chi connectivity index (χ2v) is 28.0. The number of halogens is 3. The van der Waals surface area contributed by atoms with Crippen LogP contribution >= 0.6 is 57.5 Å². The van der Waals surface area contributed by atoms with E-state index in [2.05, 4.69) is 75.2 Å². The molecule has 4 heterocycles. The van der Waals surface area contributed by atoms with Crippen LogP contribution in [0, 0.1) is 13.8 Å². The Bertz CT molecular complexity index is 2440. The van der Waals surface area contributed by atoms with E-state index in [4.69, 9.17) is 54.7 Å². The van der Waals surface area contributed by atoms with Crippen LogP contribution in [0.2, 0.25) is 54.6 Å². The zero-order valence-corrected chi connectivity index (χ0v) is 43.7. The molecule has 2 aromatic carbocycles. The van der Waals surface area contributed by atoms with Gasteiger partial charge in [-0.15, -0.1) is 22.7 Å². The monoisotopic (exact) mass is 979 g/mol. The number of thiazole rings is 2. The second kappa shape index (κ2) is 25.5. The molecule has 0 unspecified atom stereocenters. The minimum atomic E-state index is -1.11. The molecule has 0 bridgehead atoms. The Kier molecular flexibility index (Phi) is 22.3. The normalized spacial score (nSPS) is 10.6. The van der Waals surface area contributed by atoms with Crippen LogP contribution in [0.4, 0.5) is 17.1 Å². The second-order valence-electron chi connectivity index (χ2n) is 15.1. The molecule has 0 radical (unpaired) electrons. The van der Waals surface area contributed by atoms with Crippen molar-refractivity contribution in [3.05, 3.63) is 113 Å². The van der Waals surface area contributed by atoms with Gasteiger partial charge < -0.3 is 35.8 Å². The molecule has 0 aliphatic heterocycles. The number of benzene rings is 2. The number of carbonyl (C=O) groups excluding carboxylic acids is 2. The summed E-state index contributed by atoms with van der Waals surface area (Å²) in [6.07, 6.45) is 2.77. The number of nitrogens with zero attached hydrogens (tertiary/aromatic N) is 5. The number of nitrogens with one attached hydrogen (secondary N) is 3. The van der Waals surface area contributed by atoms with Gasteiger partial charge in [0.25, 0.3) is 11.8 Å². The van der Waals surface area contributed by atoms with Crippen LogP contribution in [0.1, 0.15) is 30.7 Å². The number of nitrogens with two attached hydrogens (primary N) is 1. The average molecular weight is 982 g/mol. The van der Waals surface area contributed by atoms with Gasteiger partial charge in [-0.1, -0.05) is 103 Å². The van der Waals surface area contributed by atoms with E-state index >= 15 is 0 Å². The van der Waals surface area contributed by atoms with Gasteiger partial charge in [0.2, 0.25) is 0 Å². The Labute approximate surface area is 407 Å². The molecule has 13 nitrogen and oxygen atoms in total. The number of ether oxygens (including phenoxy) is 2. The molecule has 0 atom stereocenters. The summed E-state index contributed by atoms with van der Waals surface area (Å²) in [6.45, 7) is 17.7. The first-order chi connectivity index (χ1) is 29.1. The van der Waals surface area contributed by atoms with Gasteiger partial charge in [-0.05, 0) is 50.2 Å². The van der Waals surface area contributed by atoms with Crippen molar-refractivity contribution in [3.8, 4) is 34.0 Å². The number of rotatable bonds is 10. The zero-order valence-electron chi connectivity index (χ0n) is 37.8. The van der Waals surface area contributed by atoms with Crippen LogP contribution in [0.15, 0.2) is 71.7 Å². The molecule has 0 spiro atoms. The third kappa shape index (κ3) is 17.5. The Hall–Kier alpha value is -4.00. The van der Waals surface area contributed by atoms with Gasteiger partial charge in [0, 0.05) is 48.4 Å². The Morgan fingerprint density at radius 3 is 1.59 bits per heavy atom. The summed E-state index contributed by atoms with van der Waals surface area (Å²) >= 11 is 20.5.